The molecule has 24 heavy (non-hydrogen) atoms. The van der Waals surface area contributed by atoms with Gasteiger partial charge in [-0.05, 0) is 31.5 Å². The number of ether oxygens (including phenoxy) is 1. The van der Waals surface area contributed by atoms with Crippen LogP contribution in [0, 0.1) is 6.92 Å². The predicted molar refractivity (Wildman–Crippen MR) is 84.3 cm³/mol. The smallest absolute Gasteiger partial charge is 0.387 e. The van der Waals surface area contributed by atoms with Crippen molar-refractivity contribution in [1.82, 2.24) is 10.5 Å². The third-order valence-electron chi connectivity index (χ3n) is 3.59. The van der Waals surface area contributed by atoms with Crippen molar-refractivity contribution < 1.29 is 22.8 Å². The Morgan fingerprint density at radius 3 is 2.38 bits per heavy atom. The van der Waals surface area contributed by atoms with E-state index < -0.39 is 6.61 Å². The van der Waals surface area contributed by atoms with E-state index in [1.807, 2.05) is 13.8 Å². The second-order valence-electron chi connectivity index (χ2n) is 5.80. The Balaban J connectivity index is 2.10. The maximum Gasteiger partial charge on any atom is 0.387 e. The second-order valence-corrected chi connectivity index (χ2v) is 5.80. The van der Waals surface area contributed by atoms with Gasteiger partial charge in [-0.1, -0.05) is 31.1 Å². The normalized spacial score (nSPS) is 12.5. The molecule has 0 saturated carbocycles. The van der Waals surface area contributed by atoms with E-state index in [1.54, 1.807) is 26.0 Å². The van der Waals surface area contributed by atoms with Gasteiger partial charge < -0.3 is 14.6 Å². The lowest BCUT2D eigenvalue weighted by Crippen LogP contribution is -2.27. The first-order valence-corrected chi connectivity index (χ1v) is 7.61. The number of amides is 1. The number of hydrogen-bond donors (Lipinski definition) is 1. The number of carbonyl (C=O) groups is 1. The van der Waals surface area contributed by atoms with Crippen molar-refractivity contribution in [2.45, 2.75) is 46.3 Å². The Morgan fingerprint density at radius 1 is 1.21 bits per heavy atom. The highest BCUT2D eigenvalue weighted by Crippen LogP contribution is 2.24. The number of aryl methyl sites for hydroxylation is 1. The maximum atomic E-state index is 12.5. The van der Waals surface area contributed by atoms with Gasteiger partial charge in [-0.25, -0.2) is 0 Å². The van der Waals surface area contributed by atoms with Crippen LogP contribution in [0.5, 0.6) is 5.75 Å². The molecule has 2 aromatic rings. The zero-order chi connectivity index (χ0) is 17.9. The summed E-state index contributed by atoms with van der Waals surface area (Å²) in [5, 5.41) is 6.72. The lowest BCUT2D eigenvalue weighted by atomic mass is 10.0. The summed E-state index contributed by atoms with van der Waals surface area (Å²) in [5.41, 5.74) is 1.74. The van der Waals surface area contributed by atoms with Gasteiger partial charge in [-0.3, -0.25) is 4.79 Å². The largest absolute Gasteiger partial charge is 0.435 e. The molecule has 1 amide bonds. The highest BCUT2D eigenvalue weighted by molar-refractivity contribution is 5.96. The Bertz CT molecular complexity index is 696. The standard InChI is InChI=1S/C17H20F2N2O3/c1-9(2)15-14(11(4)21-24-15)16(22)20-10(3)12-5-7-13(8-6-12)23-17(18)19/h5-10,17H,1-4H3,(H,20,22). The van der Waals surface area contributed by atoms with Crippen LogP contribution in [0.1, 0.15) is 60.1 Å². The maximum absolute atomic E-state index is 12.5. The summed E-state index contributed by atoms with van der Waals surface area (Å²) in [6.45, 7) is 4.49. The van der Waals surface area contributed by atoms with Gasteiger partial charge in [0.25, 0.3) is 5.91 Å². The molecule has 5 nitrogen and oxygen atoms in total. The molecule has 1 aromatic carbocycles. The molecular weight excluding hydrogens is 318 g/mol. The number of nitrogens with zero attached hydrogens (tertiary/aromatic N) is 1. The van der Waals surface area contributed by atoms with Crippen molar-refractivity contribution in [3.63, 3.8) is 0 Å². The first kappa shape index (κ1) is 17.9. The highest BCUT2D eigenvalue weighted by Gasteiger charge is 2.23. The van der Waals surface area contributed by atoms with Crippen LogP contribution in [-0.4, -0.2) is 17.7 Å². The first-order chi connectivity index (χ1) is 11.3. The molecule has 0 aliphatic carbocycles. The molecule has 0 spiro atoms. The van der Waals surface area contributed by atoms with E-state index in [0.29, 0.717) is 17.0 Å². The summed E-state index contributed by atoms with van der Waals surface area (Å²) in [6.07, 6.45) is 0. The number of alkyl halides is 2. The molecule has 1 N–H and O–H groups in total. The number of carbonyl (C=O) groups excluding carboxylic acids is 1. The van der Waals surface area contributed by atoms with Crippen LogP contribution in [-0.2, 0) is 0 Å². The van der Waals surface area contributed by atoms with Crippen LogP contribution in [0.25, 0.3) is 0 Å². The van der Waals surface area contributed by atoms with Gasteiger partial charge in [0.15, 0.2) is 5.76 Å². The number of hydrogen-bond acceptors (Lipinski definition) is 4. The molecule has 0 saturated heterocycles. The molecular formula is C17H20F2N2O3. The molecule has 1 heterocycles. The molecule has 2 rings (SSSR count). The first-order valence-electron chi connectivity index (χ1n) is 7.61. The molecule has 0 radical (unpaired) electrons. The van der Waals surface area contributed by atoms with Gasteiger partial charge in [0.2, 0.25) is 0 Å². The van der Waals surface area contributed by atoms with E-state index in [0.717, 1.165) is 5.56 Å². The van der Waals surface area contributed by atoms with Gasteiger partial charge in [0, 0.05) is 5.92 Å². The summed E-state index contributed by atoms with van der Waals surface area (Å²) in [7, 11) is 0. The van der Waals surface area contributed by atoms with E-state index in [4.69, 9.17) is 4.52 Å². The molecule has 1 atom stereocenters. The molecule has 7 heteroatoms. The SMILES string of the molecule is Cc1noc(C(C)C)c1C(=O)NC(C)c1ccc(OC(F)F)cc1. The van der Waals surface area contributed by atoms with Gasteiger partial charge >= 0.3 is 6.61 Å². The van der Waals surface area contributed by atoms with Crippen molar-refractivity contribution in [2.24, 2.45) is 0 Å². The number of halogens is 2. The Labute approximate surface area is 139 Å². The van der Waals surface area contributed by atoms with Crippen LogP contribution in [0.4, 0.5) is 8.78 Å². The molecule has 0 bridgehead atoms. The van der Waals surface area contributed by atoms with Crippen LogP contribution < -0.4 is 10.1 Å². The number of aromatic nitrogens is 1. The molecule has 130 valence electrons. The average Bonchev–Trinajstić information content (AvgIpc) is 2.89. The van der Waals surface area contributed by atoms with Crippen LogP contribution in [0.2, 0.25) is 0 Å². The monoisotopic (exact) mass is 338 g/mol. The molecule has 0 aliphatic heterocycles. The molecule has 0 aliphatic rings. The van der Waals surface area contributed by atoms with Crippen molar-refractivity contribution in [3.8, 4) is 5.75 Å². The quantitative estimate of drug-likeness (QED) is 0.857. The second kappa shape index (κ2) is 7.42. The Kier molecular flexibility index (Phi) is 5.54. The lowest BCUT2D eigenvalue weighted by Gasteiger charge is -2.15. The van der Waals surface area contributed by atoms with E-state index in [1.165, 1.54) is 12.1 Å². The third kappa shape index (κ3) is 4.10. The summed E-state index contributed by atoms with van der Waals surface area (Å²) in [6, 6.07) is 5.83. The third-order valence-corrected chi connectivity index (χ3v) is 3.59. The Morgan fingerprint density at radius 2 is 1.83 bits per heavy atom. The Hall–Kier alpha value is -2.44. The van der Waals surface area contributed by atoms with Gasteiger partial charge in [-0.15, -0.1) is 0 Å². The van der Waals surface area contributed by atoms with Crippen LogP contribution >= 0.6 is 0 Å². The van der Waals surface area contributed by atoms with Crippen LogP contribution in [0.15, 0.2) is 28.8 Å². The van der Waals surface area contributed by atoms with E-state index in [-0.39, 0.29) is 23.6 Å². The van der Waals surface area contributed by atoms with Gasteiger partial charge in [-0.2, -0.15) is 8.78 Å². The number of nitrogens with one attached hydrogen (secondary N) is 1. The van der Waals surface area contributed by atoms with Crippen molar-refractivity contribution in [2.75, 3.05) is 0 Å². The number of rotatable bonds is 6. The predicted octanol–water partition coefficient (Wildman–Crippen LogP) is 4.20. The minimum absolute atomic E-state index is 0.0352. The van der Waals surface area contributed by atoms with Gasteiger partial charge in [0.05, 0.1) is 11.7 Å². The van der Waals surface area contributed by atoms with E-state index in [2.05, 4.69) is 15.2 Å². The van der Waals surface area contributed by atoms with Crippen molar-refractivity contribution >= 4 is 5.91 Å². The zero-order valence-electron chi connectivity index (χ0n) is 14.0. The fourth-order valence-electron chi connectivity index (χ4n) is 2.35. The summed E-state index contributed by atoms with van der Waals surface area (Å²) in [5.74, 6) is 0.369. The topological polar surface area (TPSA) is 64.4 Å². The zero-order valence-corrected chi connectivity index (χ0v) is 14.0. The van der Waals surface area contributed by atoms with Gasteiger partial charge in [0.1, 0.15) is 11.3 Å². The number of benzene rings is 1. The fourth-order valence-corrected chi connectivity index (χ4v) is 2.35. The van der Waals surface area contributed by atoms with E-state index >= 15 is 0 Å². The minimum Gasteiger partial charge on any atom is -0.435 e. The molecule has 1 aromatic heterocycles. The summed E-state index contributed by atoms with van der Waals surface area (Å²) >= 11 is 0. The molecule has 0 fully saturated rings. The molecule has 1 unspecified atom stereocenters. The minimum atomic E-state index is -2.86. The summed E-state index contributed by atoms with van der Waals surface area (Å²) in [4.78, 5) is 12.5. The fraction of sp³-hybridized carbons (Fsp3) is 0.412. The van der Waals surface area contributed by atoms with Crippen molar-refractivity contribution in [1.29, 1.82) is 0 Å². The van der Waals surface area contributed by atoms with Crippen LogP contribution in [0.3, 0.4) is 0 Å². The van der Waals surface area contributed by atoms with Crippen molar-refractivity contribution in [3.05, 3.63) is 46.8 Å². The lowest BCUT2D eigenvalue weighted by molar-refractivity contribution is -0.0498. The summed E-state index contributed by atoms with van der Waals surface area (Å²) < 4.78 is 33.8. The average molecular weight is 338 g/mol. The van der Waals surface area contributed by atoms with E-state index in [9.17, 15) is 13.6 Å². The highest BCUT2D eigenvalue weighted by atomic mass is 19.3.